The van der Waals surface area contributed by atoms with E-state index in [1.54, 1.807) is 24.3 Å². The molecule has 1 aliphatic heterocycles. The largest absolute Gasteiger partial charge is 0.496 e. The fourth-order valence-corrected chi connectivity index (χ4v) is 4.38. The predicted octanol–water partition coefficient (Wildman–Crippen LogP) is 1.81. The first-order valence-electron chi connectivity index (χ1n) is 8.47. The average Bonchev–Trinajstić information content (AvgIpc) is 2.67. The van der Waals surface area contributed by atoms with Crippen LogP contribution in [0.25, 0.3) is 0 Å². The predicted molar refractivity (Wildman–Crippen MR) is 99.7 cm³/mol. The molecular weight excluding hydrogens is 352 g/mol. The summed E-state index contributed by atoms with van der Waals surface area (Å²) in [5, 5.41) is 2.66. The van der Waals surface area contributed by atoms with Gasteiger partial charge in [-0.2, -0.15) is 4.31 Å². The molecule has 0 saturated carbocycles. The molecule has 2 aromatic carbocycles. The van der Waals surface area contributed by atoms with Gasteiger partial charge in [0.1, 0.15) is 5.75 Å². The highest BCUT2D eigenvalue weighted by Crippen LogP contribution is 2.21. The van der Waals surface area contributed by atoms with E-state index in [9.17, 15) is 13.2 Å². The smallest absolute Gasteiger partial charge is 0.255 e. The number of nitrogens with zero attached hydrogens (tertiary/aromatic N) is 1. The fourth-order valence-electron chi connectivity index (χ4n) is 3.06. The molecule has 0 unspecified atom stereocenters. The summed E-state index contributed by atoms with van der Waals surface area (Å²) in [7, 11) is -1.94. The maximum Gasteiger partial charge on any atom is 0.255 e. The second kappa shape index (κ2) is 7.88. The molecule has 6 nitrogen and oxygen atoms in total. The number of para-hydroxylation sites is 1. The van der Waals surface area contributed by atoms with Crippen LogP contribution in [0.5, 0.6) is 5.75 Å². The summed E-state index contributed by atoms with van der Waals surface area (Å²) < 4.78 is 31.8. The van der Waals surface area contributed by atoms with E-state index in [4.69, 9.17) is 4.74 Å². The van der Waals surface area contributed by atoms with Crippen molar-refractivity contribution in [3.8, 4) is 5.75 Å². The van der Waals surface area contributed by atoms with Crippen molar-refractivity contribution in [3.63, 3.8) is 0 Å². The third-order valence-corrected chi connectivity index (χ3v) is 6.30. The summed E-state index contributed by atoms with van der Waals surface area (Å²) in [5.41, 5.74) is 2.63. The van der Waals surface area contributed by atoms with Crippen LogP contribution in [0.1, 0.15) is 21.5 Å². The lowest BCUT2D eigenvalue weighted by molar-refractivity contribution is 0.0953. The fraction of sp³-hybridized carbons (Fsp3) is 0.316. The highest BCUT2D eigenvalue weighted by atomic mass is 32.2. The van der Waals surface area contributed by atoms with Gasteiger partial charge in [0.2, 0.25) is 10.0 Å². The van der Waals surface area contributed by atoms with Gasteiger partial charge >= 0.3 is 0 Å². The van der Waals surface area contributed by atoms with Crippen LogP contribution < -0.4 is 10.1 Å². The van der Waals surface area contributed by atoms with Gasteiger partial charge < -0.3 is 10.1 Å². The molecule has 26 heavy (non-hydrogen) atoms. The standard InChI is InChI=1S/C19H22N2O4S/c1-25-18-9-5-4-8-17(18)19(22)20-11-13-26(23,24)21-12-10-15-6-2-3-7-16(15)14-21/h2-9H,10-14H2,1H3,(H,20,22). The molecule has 3 rings (SSSR count). The first-order chi connectivity index (χ1) is 12.5. The Morgan fingerprint density at radius 3 is 2.58 bits per heavy atom. The minimum absolute atomic E-state index is 0.0529. The normalized spacial score (nSPS) is 14.5. The molecule has 2 aromatic rings. The van der Waals surface area contributed by atoms with E-state index in [0.29, 0.717) is 30.8 Å². The molecular formula is C19H22N2O4S. The highest BCUT2D eigenvalue weighted by molar-refractivity contribution is 7.89. The number of carbonyl (C=O) groups excluding carboxylic acids is 1. The van der Waals surface area contributed by atoms with Crippen LogP contribution in [-0.2, 0) is 23.0 Å². The summed E-state index contributed by atoms with van der Waals surface area (Å²) in [6.07, 6.45) is 0.711. The Hall–Kier alpha value is -2.38. The molecule has 0 radical (unpaired) electrons. The Labute approximate surface area is 153 Å². The van der Waals surface area contributed by atoms with Gasteiger partial charge in [-0.25, -0.2) is 8.42 Å². The van der Waals surface area contributed by atoms with Crippen molar-refractivity contribution in [3.05, 3.63) is 65.2 Å². The Kier molecular flexibility index (Phi) is 5.58. The van der Waals surface area contributed by atoms with Gasteiger partial charge in [-0.15, -0.1) is 0 Å². The Balaban J connectivity index is 1.58. The molecule has 1 amide bonds. The number of rotatable bonds is 6. The summed E-state index contributed by atoms with van der Waals surface area (Å²) in [4.78, 5) is 12.3. The van der Waals surface area contributed by atoms with E-state index in [2.05, 4.69) is 5.32 Å². The van der Waals surface area contributed by atoms with Gasteiger partial charge in [-0.1, -0.05) is 36.4 Å². The van der Waals surface area contributed by atoms with Crippen molar-refractivity contribution in [1.82, 2.24) is 9.62 Å². The van der Waals surface area contributed by atoms with E-state index in [-0.39, 0.29) is 18.2 Å². The van der Waals surface area contributed by atoms with Gasteiger partial charge in [0.25, 0.3) is 5.91 Å². The average molecular weight is 374 g/mol. The molecule has 0 saturated heterocycles. The molecule has 0 aromatic heterocycles. The summed E-state index contributed by atoms with van der Waals surface area (Å²) >= 11 is 0. The number of ether oxygens (including phenoxy) is 1. The molecule has 1 N–H and O–H groups in total. The van der Waals surface area contributed by atoms with E-state index in [1.165, 1.54) is 17.0 Å². The van der Waals surface area contributed by atoms with Crippen LogP contribution in [-0.4, -0.2) is 44.6 Å². The van der Waals surface area contributed by atoms with Gasteiger partial charge in [-0.05, 0) is 29.7 Å². The SMILES string of the molecule is COc1ccccc1C(=O)NCCS(=O)(=O)N1CCc2ccccc2C1. The lowest BCUT2D eigenvalue weighted by Crippen LogP contribution is -2.40. The lowest BCUT2D eigenvalue weighted by atomic mass is 10.0. The Morgan fingerprint density at radius 2 is 1.81 bits per heavy atom. The van der Waals surface area contributed by atoms with Gasteiger partial charge in [-0.3, -0.25) is 4.79 Å². The van der Waals surface area contributed by atoms with E-state index < -0.39 is 10.0 Å². The van der Waals surface area contributed by atoms with Crippen molar-refractivity contribution in [2.75, 3.05) is 26.0 Å². The number of sulfonamides is 1. The number of hydrogen-bond donors (Lipinski definition) is 1. The number of amides is 1. The second-order valence-corrected chi connectivity index (χ2v) is 8.21. The second-order valence-electron chi connectivity index (χ2n) is 6.12. The molecule has 7 heteroatoms. The van der Waals surface area contributed by atoms with Crippen LogP contribution in [0.4, 0.5) is 0 Å². The van der Waals surface area contributed by atoms with E-state index in [0.717, 1.165) is 5.56 Å². The van der Waals surface area contributed by atoms with Crippen LogP contribution in [0, 0.1) is 0 Å². The Morgan fingerprint density at radius 1 is 1.12 bits per heavy atom. The maximum absolute atomic E-state index is 12.6. The van der Waals surface area contributed by atoms with Gasteiger partial charge in [0, 0.05) is 19.6 Å². The zero-order chi connectivity index (χ0) is 18.6. The van der Waals surface area contributed by atoms with Gasteiger partial charge in [0.05, 0.1) is 18.4 Å². The zero-order valence-corrected chi connectivity index (χ0v) is 15.5. The molecule has 1 heterocycles. The van der Waals surface area contributed by atoms with Crippen molar-refractivity contribution in [1.29, 1.82) is 0 Å². The van der Waals surface area contributed by atoms with Crippen molar-refractivity contribution in [2.45, 2.75) is 13.0 Å². The van der Waals surface area contributed by atoms with Crippen LogP contribution >= 0.6 is 0 Å². The van der Waals surface area contributed by atoms with Crippen LogP contribution in [0.15, 0.2) is 48.5 Å². The molecule has 0 atom stereocenters. The molecule has 0 spiro atoms. The quantitative estimate of drug-likeness (QED) is 0.837. The number of methoxy groups -OCH3 is 1. The summed E-state index contributed by atoms with van der Waals surface area (Å²) in [6.45, 7) is 0.913. The Bertz CT molecular complexity index is 896. The summed E-state index contributed by atoms with van der Waals surface area (Å²) in [6, 6.07) is 14.7. The zero-order valence-electron chi connectivity index (χ0n) is 14.6. The van der Waals surface area contributed by atoms with Crippen LogP contribution in [0.3, 0.4) is 0 Å². The third-order valence-electron chi connectivity index (χ3n) is 4.49. The molecule has 1 aliphatic rings. The third kappa shape index (κ3) is 4.05. The van der Waals surface area contributed by atoms with E-state index >= 15 is 0 Å². The maximum atomic E-state index is 12.6. The monoisotopic (exact) mass is 374 g/mol. The van der Waals surface area contributed by atoms with Crippen molar-refractivity contribution in [2.24, 2.45) is 0 Å². The first-order valence-corrected chi connectivity index (χ1v) is 10.1. The highest BCUT2D eigenvalue weighted by Gasteiger charge is 2.26. The minimum atomic E-state index is -3.43. The van der Waals surface area contributed by atoms with Crippen molar-refractivity contribution < 1.29 is 17.9 Å². The number of fused-ring (bicyclic) bond motifs is 1. The van der Waals surface area contributed by atoms with Gasteiger partial charge in [0.15, 0.2) is 0 Å². The van der Waals surface area contributed by atoms with Crippen LogP contribution in [0.2, 0.25) is 0 Å². The number of carbonyl (C=O) groups is 1. The number of hydrogen-bond acceptors (Lipinski definition) is 4. The minimum Gasteiger partial charge on any atom is -0.496 e. The number of nitrogens with one attached hydrogen (secondary N) is 1. The first kappa shape index (κ1) is 18.4. The molecule has 0 bridgehead atoms. The van der Waals surface area contributed by atoms with Crippen molar-refractivity contribution >= 4 is 15.9 Å². The molecule has 0 fully saturated rings. The topological polar surface area (TPSA) is 75.7 Å². The summed E-state index contributed by atoms with van der Waals surface area (Å²) in [5.74, 6) is -0.0158. The molecule has 0 aliphatic carbocycles. The molecule has 138 valence electrons. The number of benzene rings is 2. The van der Waals surface area contributed by atoms with E-state index in [1.807, 2.05) is 24.3 Å². The lowest BCUT2D eigenvalue weighted by Gasteiger charge is -2.28.